The number of benzene rings is 1. The normalized spacial score (nSPS) is 20.3. The van der Waals surface area contributed by atoms with Crippen LogP contribution in [0.1, 0.15) is 55.3 Å². The summed E-state index contributed by atoms with van der Waals surface area (Å²) in [5, 5.41) is 9.48. The minimum Gasteiger partial charge on any atom is -0.489 e. The topological polar surface area (TPSA) is 124 Å². The Bertz CT molecular complexity index is 1100. The molecule has 2 heterocycles. The largest absolute Gasteiger partial charge is 0.489 e. The van der Waals surface area contributed by atoms with Crippen LogP contribution in [0.25, 0.3) is 0 Å². The van der Waals surface area contributed by atoms with Gasteiger partial charge in [-0.15, -0.1) is 0 Å². The molecule has 194 valence electrons. The maximum Gasteiger partial charge on any atom is 0.387 e. The fourth-order valence-electron chi connectivity index (χ4n) is 4.21. The molecule has 36 heavy (non-hydrogen) atoms. The van der Waals surface area contributed by atoms with Crippen molar-refractivity contribution in [2.24, 2.45) is 11.7 Å². The summed E-state index contributed by atoms with van der Waals surface area (Å²) in [5.74, 6) is -0.527. The van der Waals surface area contributed by atoms with E-state index in [1.807, 2.05) is 0 Å². The van der Waals surface area contributed by atoms with Crippen LogP contribution in [-0.2, 0) is 20.9 Å². The maximum atomic E-state index is 12.9. The van der Waals surface area contributed by atoms with Crippen LogP contribution in [-0.4, -0.2) is 52.7 Å². The first kappa shape index (κ1) is 25.8. The first-order valence-electron chi connectivity index (χ1n) is 11.8. The highest BCUT2D eigenvalue weighted by Gasteiger charge is 2.40. The zero-order valence-electron chi connectivity index (χ0n) is 19.8. The van der Waals surface area contributed by atoms with Gasteiger partial charge in [0.1, 0.15) is 18.9 Å². The monoisotopic (exact) mass is 505 g/mol. The van der Waals surface area contributed by atoms with Crippen LogP contribution >= 0.6 is 0 Å². The van der Waals surface area contributed by atoms with E-state index in [0.29, 0.717) is 24.6 Å². The Hall–Kier alpha value is -3.31. The Morgan fingerprint density at radius 2 is 2.00 bits per heavy atom. The van der Waals surface area contributed by atoms with E-state index in [4.69, 9.17) is 15.2 Å². The summed E-state index contributed by atoms with van der Waals surface area (Å²) in [6.45, 7) is -1.08. The molecule has 1 aliphatic heterocycles. The minimum absolute atomic E-state index is 0.0518. The molecule has 11 heteroatoms. The number of hydrogen-bond donors (Lipinski definition) is 2. The Labute approximate surface area is 207 Å². The van der Waals surface area contributed by atoms with Crippen molar-refractivity contribution in [3.8, 4) is 11.5 Å². The maximum absolute atomic E-state index is 12.9. The van der Waals surface area contributed by atoms with E-state index in [9.17, 15) is 23.5 Å². The van der Waals surface area contributed by atoms with Crippen molar-refractivity contribution in [1.82, 2.24) is 9.88 Å². The highest BCUT2D eigenvalue weighted by atomic mass is 19.3. The fourth-order valence-corrected chi connectivity index (χ4v) is 4.21. The van der Waals surface area contributed by atoms with Crippen LogP contribution in [0.4, 0.5) is 8.78 Å². The van der Waals surface area contributed by atoms with Gasteiger partial charge >= 0.3 is 12.6 Å². The molecular weight excluding hydrogens is 476 g/mol. The molecule has 1 aliphatic carbocycles. The summed E-state index contributed by atoms with van der Waals surface area (Å²) in [4.78, 5) is 30.8. The number of hydrogen-bond acceptors (Lipinski definition) is 8. The number of aliphatic hydroxyl groups excluding tert-OH is 1. The number of aromatic nitrogens is 1. The molecule has 4 rings (SSSR count). The first-order chi connectivity index (χ1) is 17.2. The van der Waals surface area contributed by atoms with Gasteiger partial charge in [-0.05, 0) is 55.0 Å². The van der Waals surface area contributed by atoms with Gasteiger partial charge in [-0.2, -0.15) is 8.78 Å². The number of alkyl halides is 2. The molecule has 1 aromatic heterocycles. The molecule has 3 atom stereocenters. The Kier molecular flexibility index (Phi) is 8.00. The third kappa shape index (κ3) is 6.46. The summed E-state index contributed by atoms with van der Waals surface area (Å²) in [6, 6.07) is 8.72. The molecule has 1 aromatic carbocycles. The van der Waals surface area contributed by atoms with E-state index in [-0.39, 0.29) is 42.2 Å². The molecule has 2 fully saturated rings. The standard InChI is InChI=1S/C25H29F2N3O6/c1-14(31)30-11-17(9-20(30)24(33)35-13-18-3-2-4-19(29-18)23(28)32)16-7-8-21(36-25(26)27)22(10-16)34-12-15-5-6-15/h2-4,7-8,10,15,17,20,23,25,32H,5-6,9,11-13,28H2,1H3/t17?,20-,23?/m1/s1. The smallest absolute Gasteiger partial charge is 0.387 e. The summed E-state index contributed by atoms with van der Waals surface area (Å²) in [6.07, 6.45) is 1.12. The van der Waals surface area contributed by atoms with Gasteiger partial charge in [0, 0.05) is 19.4 Å². The quantitative estimate of drug-likeness (QED) is 0.373. The van der Waals surface area contributed by atoms with E-state index in [2.05, 4.69) is 9.72 Å². The van der Waals surface area contributed by atoms with Gasteiger partial charge in [0.05, 0.1) is 18.0 Å². The van der Waals surface area contributed by atoms with Crippen molar-refractivity contribution in [1.29, 1.82) is 0 Å². The lowest BCUT2D eigenvalue weighted by Gasteiger charge is -2.21. The number of likely N-dealkylation sites (tertiary alicyclic amines) is 1. The molecule has 9 nitrogen and oxygen atoms in total. The van der Waals surface area contributed by atoms with Crippen LogP contribution in [0, 0.1) is 5.92 Å². The SMILES string of the molecule is CC(=O)N1CC(c2ccc(OC(F)F)c(OCC3CC3)c2)C[C@@H]1C(=O)OCc1cccc(C(N)O)n1. The number of carbonyl (C=O) groups excluding carboxylic acids is 2. The lowest BCUT2D eigenvalue weighted by atomic mass is 9.96. The highest BCUT2D eigenvalue weighted by molar-refractivity contribution is 5.84. The Balaban J connectivity index is 1.46. The zero-order valence-corrected chi connectivity index (χ0v) is 19.8. The van der Waals surface area contributed by atoms with E-state index in [0.717, 1.165) is 18.4 Å². The second-order valence-corrected chi connectivity index (χ2v) is 9.07. The summed E-state index contributed by atoms with van der Waals surface area (Å²) in [7, 11) is 0. The number of esters is 1. The zero-order chi connectivity index (χ0) is 25.8. The lowest BCUT2D eigenvalue weighted by Crippen LogP contribution is -2.40. The van der Waals surface area contributed by atoms with Crippen LogP contribution in [0.15, 0.2) is 36.4 Å². The predicted molar refractivity (Wildman–Crippen MR) is 123 cm³/mol. The van der Waals surface area contributed by atoms with Crippen molar-refractivity contribution >= 4 is 11.9 Å². The van der Waals surface area contributed by atoms with Gasteiger partial charge in [0.25, 0.3) is 0 Å². The Morgan fingerprint density at radius 1 is 1.22 bits per heavy atom. The number of ether oxygens (including phenoxy) is 3. The molecule has 1 saturated heterocycles. The molecule has 2 unspecified atom stereocenters. The molecule has 3 N–H and O–H groups in total. The third-order valence-electron chi connectivity index (χ3n) is 6.30. The van der Waals surface area contributed by atoms with E-state index in [1.54, 1.807) is 30.3 Å². The number of rotatable bonds is 10. The third-order valence-corrected chi connectivity index (χ3v) is 6.30. The van der Waals surface area contributed by atoms with E-state index < -0.39 is 24.9 Å². The average Bonchev–Trinajstić information content (AvgIpc) is 3.56. The number of nitrogens with zero attached hydrogens (tertiary/aromatic N) is 2. The average molecular weight is 506 g/mol. The molecule has 0 bridgehead atoms. The van der Waals surface area contributed by atoms with E-state index >= 15 is 0 Å². The van der Waals surface area contributed by atoms with Gasteiger partial charge in [0.2, 0.25) is 5.91 Å². The summed E-state index contributed by atoms with van der Waals surface area (Å²) < 4.78 is 41.5. The van der Waals surface area contributed by atoms with Crippen LogP contribution in [0.2, 0.25) is 0 Å². The number of halogens is 2. The fraction of sp³-hybridized carbons (Fsp3) is 0.480. The molecule has 0 radical (unpaired) electrons. The van der Waals surface area contributed by atoms with Gasteiger partial charge < -0.3 is 30.0 Å². The number of carbonyl (C=O) groups is 2. The van der Waals surface area contributed by atoms with Gasteiger partial charge in [-0.3, -0.25) is 9.78 Å². The molecule has 2 aromatic rings. The van der Waals surface area contributed by atoms with Gasteiger partial charge in [0.15, 0.2) is 11.5 Å². The molecule has 1 saturated carbocycles. The van der Waals surface area contributed by atoms with Gasteiger partial charge in [-0.1, -0.05) is 12.1 Å². The predicted octanol–water partition coefficient (Wildman–Crippen LogP) is 2.87. The van der Waals surface area contributed by atoms with Gasteiger partial charge in [-0.25, -0.2) is 4.79 Å². The number of pyridine rings is 1. The lowest BCUT2D eigenvalue weighted by molar-refractivity contribution is -0.154. The Morgan fingerprint density at radius 3 is 2.67 bits per heavy atom. The first-order valence-corrected chi connectivity index (χ1v) is 11.8. The van der Waals surface area contributed by atoms with Crippen molar-refractivity contribution < 1.29 is 37.7 Å². The molecule has 1 amide bonds. The molecule has 0 spiro atoms. The minimum atomic E-state index is -2.98. The van der Waals surface area contributed by atoms with Crippen LogP contribution < -0.4 is 15.2 Å². The summed E-state index contributed by atoms with van der Waals surface area (Å²) >= 11 is 0. The van der Waals surface area contributed by atoms with Crippen molar-refractivity contribution in [3.63, 3.8) is 0 Å². The molecular formula is C25H29F2N3O6. The number of aliphatic hydroxyl groups is 1. The van der Waals surface area contributed by atoms with E-state index in [1.165, 1.54) is 17.9 Å². The second kappa shape index (κ2) is 11.2. The number of nitrogens with two attached hydrogens (primary N) is 1. The van der Waals surface area contributed by atoms with Crippen molar-refractivity contribution in [2.75, 3.05) is 13.2 Å². The van der Waals surface area contributed by atoms with Crippen LogP contribution in [0.3, 0.4) is 0 Å². The highest BCUT2D eigenvalue weighted by Crippen LogP contribution is 2.39. The number of amides is 1. The van der Waals surface area contributed by atoms with Crippen molar-refractivity contribution in [2.45, 2.75) is 57.6 Å². The summed E-state index contributed by atoms with van der Waals surface area (Å²) in [5.41, 5.74) is 6.82. The second-order valence-electron chi connectivity index (χ2n) is 9.07. The van der Waals surface area contributed by atoms with Crippen molar-refractivity contribution in [3.05, 3.63) is 53.3 Å². The molecule has 2 aliphatic rings. The van der Waals surface area contributed by atoms with Crippen LogP contribution in [0.5, 0.6) is 11.5 Å².